The van der Waals surface area contributed by atoms with E-state index in [-0.39, 0.29) is 47.7 Å². The van der Waals surface area contributed by atoms with Gasteiger partial charge in [0.1, 0.15) is 5.82 Å². The fraction of sp³-hybridized carbons (Fsp3) is 0.410. The third kappa shape index (κ3) is 8.48. The topological polar surface area (TPSA) is 151 Å². The van der Waals surface area contributed by atoms with Crippen molar-refractivity contribution in [3.8, 4) is 34.3 Å². The number of hydrogen-bond donors (Lipinski definition) is 5. The van der Waals surface area contributed by atoms with Gasteiger partial charge in [0.15, 0.2) is 0 Å². The van der Waals surface area contributed by atoms with Crippen molar-refractivity contribution in [2.75, 3.05) is 32.6 Å². The van der Waals surface area contributed by atoms with Crippen LogP contribution in [0.2, 0.25) is 5.02 Å². The Bertz CT molecular complexity index is 2080. The smallest absolute Gasteiger partial charge is 0.419 e. The first kappa shape index (κ1) is 38.3. The van der Waals surface area contributed by atoms with Crippen LogP contribution < -0.4 is 36.1 Å². The van der Waals surface area contributed by atoms with E-state index in [0.29, 0.717) is 79.6 Å². The highest BCUT2D eigenvalue weighted by Crippen LogP contribution is 2.44. The Morgan fingerprint density at radius 3 is 2.15 bits per heavy atom. The number of carbonyl (C=O) groups excluding carboxylic acids is 2. The first-order valence-electron chi connectivity index (χ1n) is 18.2. The molecule has 3 aromatic heterocycles. The number of hydrogen-bond acceptors (Lipinski definition) is 10. The molecule has 1 aliphatic carbocycles. The molecular weight excluding hydrogens is 737 g/mol. The van der Waals surface area contributed by atoms with Gasteiger partial charge in [-0.25, -0.2) is 4.98 Å². The monoisotopic (exact) mass is 778 g/mol. The number of pyridine rings is 3. The van der Waals surface area contributed by atoms with Gasteiger partial charge < -0.3 is 36.1 Å². The lowest BCUT2D eigenvalue weighted by molar-refractivity contribution is -0.137. The molecule has 12 nitrogen and oxygen atoms in total. The Morgan fingerprint density at radius 1 is 0.836 bits per heavy atom. The molecule has 5 N–H and O–H groups in total. The van der Waals surface area contributed by atoms with Crippen LogP contribution in [0, 0.1) is 0 Å². The molecule has 3 atom stereocenters. The van der Waals surface area contributed by atoms with Gasteiger partial charge in [-0.1, -0.05) is 35.9 Å². The number of amides is 2. The van der Waals surface area contributed by atoms with E-state index in [1.165, 1.54) is 7.11 Å². The van der Waals surface area contributed by atoms with E-state index in [1.54, 1.807) is 19.4 Å². The highest BCUT2D eigenvalue weighted by molar-refractivity contribution is 6.35. The second-order valence-corrected chi connectivity index (χ2v) is 14.3. The molecule has 16 heteroatoms. The number of halogens is 4. The predicted molar refractivity (Wildman–Crippen MR) is 201 cm³/mol. The summed E-state index contributed by atoms with van der Waals surface area (Å²) in [6.07, 6.45) is 0.503. The lowest BCUT2D eigenvalue weighted by Gasteiger charge is -2.21. The number of ether oxygens (including phenoxy) is 2. The van der Waals surface area contributed by atoms with Crippen LogP contribution in [0.1, 0.15) is 66.0 Å². The molecule has 0 saturated carbocycles. The van der Waals surface area contributed by atoms with Gasteiger partial charge in [-0.15, -0.1) is 0 Å². The summed E-state index contributed by atoms with van der Waals surface area (Å²) in [7, 11) is 2.93. The zero-order chi connectivity index (χ0) is 38.7. The number of methoxy groups -OCH3 is 2. The van der Waals surface area contributed by atoms with Crippen molar-refractivity contribution in [2.24, 2.45) is 0 Å². The molecule has 290 valence electrons. The summed E-state index contributed by atoms with van der Waals surface area (Å²) in [4.78, 5) is 36.8. The summed E-state index contributed by atoms with van der Waals surface area (Å²) in [5.74, 6) is 0.232. The molecular formula is C39H42ClF3N8O4. The molecule has 0 spiro atoms. The normalized spacial score (nSPS) is 19.3. The maximum atomic E-state index is 14.5. The molecule has 1 aromatic carbocycles. The number of nitrogens with zero attached hydrogens (tertiary/aromatic N) is 3. The third-order valence-corrected chi connectivity index (χ3v) is 10.7. The SMILES string of the molecule is COc1nc(-c2ccnc(-c3cccc4c3CC[C@H]4Nc3nc(OC)c(CNC[C@@H]4CCC(=O)N4)cc3C(F)(F)F)c2Cl)ccc1CNC[C@H]1CCC(=O)N1. The van der Waals surface area contributed by atoms with Gasteiger partial charge in [-0.3, -0.25) is 14.6 Å². The molecule has 5 heterocycles. The van der Waals surface area contributed by atoms with E-state index >= 15 is 0 Å². The Hall–Kier alpha value is -4.99. The standard InChI is InChI=1S/C39H42ClF3N8O4/c1-54-37-21(17-44-19-23-7-12-32(52)47-23)6-10-31(50-37)28-14-15-46-35(34(28)40)27-5-3-4-26-25(27)9-11-30(26)49-36-29(39(41,42)43)16-22(38(51-36)55-2)18-45-20-24-8-13-33(53)48-24/h3-6,10,14-16,23-24,30,44-45H,7-9,11-13,17-20H2,1-2H3,(H,47,52)(H,48,53)(H,49,51)/t23-,24+,30-/m1/s1. The van der Waals surface area contributed by atoms with Crippen LogP contribution >= 0.6 is 11.6 Å². The first-order valence-corrected chi connectivity index (χ1v) is 18.6. The fourth-order valence-electron chi connectivity index (χ4n) is 7.54. The number of aromatic nitrogens is 3. The highest BCUT2D eigenvalue weighted by atomic mass is 35.5. The Kier molecular flexibility index (Phi) is 11.4. The first-order chi connectivity index (χ1) is 26.5. The van der Waals surface area contributed by atoms with Crippen molar-refractivity contribution in [2.45, 2.75) is 75.9 Å². The van der Waals surface area contributed by atoms with Gasteiger partial charge in [0.2, 0.25) is 23.6 Å². The van der Waals surface area contributed by atoms with Crippen molar-refractivity contribution in [3.05, 3.63) is 81.5 Å². The van der Waals surface area contributed by atoms with E-state index < -0.39 is 17.8 Å². The molecule has 3 aliphatic rings. The number of nitrogens with one attached hydrogen (secondary N) is 5. The largest absolute Gasteiger partial charge is 0.481 e. The number of benzene rings is 1. The zero-order valence-corrected chi connectivity index (χ0v) is 31.2. The zero-order valence-electron chi connectivity index (χ0n) is 30.4. The molecule has 2 fully saturated rings. The number of alkyl halides is 3. The summed E-state index contributed by atoms with van der Waals surface area (Å²) in [5, 5.41) is 15.7. The van der Waals surface area contributed by atoms with E-state index in [2.05, 4.69) is 36.6 Å². The lowest BCUT2D eigenvalue weighted by atomic mass is 9.98. The van der Waals surface area contributed by atoms with Crippen LogP contribution in [0.5, 0.6) is 11.8 Å². The second-order valence-electron chi connectivity index (χ2n) is 13.9. The van der Waals surface area contributed by atoms with E-state index in [4.69, 9.17) is 26.1 Å². The molecule has 2 saturated heterocycles. The molecule has 0 unspecified atom stereocenters. The predicted octanol–water partition coefficient (Wildman–Crippen LogP) is 5.73. The summed E-state index contributed by atoms with van der Waals surface area (Å²) in [6.45, 7) is 1.63. The van der Waals surface area contributed by atoms with Crippen molar-refractivity contribution in [3.63, 3.8) is 0 Å². The highest BCUT2D eigenvalue weighted by Gasteiger charge is 2.37. The number of rotatable bonds is 14. The van der Waals surface area contributed by atoms with Crippen molar-refractivity contribution in [1.82, 2.24) is 36.2 Å². The van der Waals surface area contributed by atoms with Crippen molar-refractivity contribution < 1.29 is 32.2 Å². The average molecular weight is 779 g/mol. The molecule has 2 aliphatic heterocycles. The van der Waals surface area contributed by atoms with Gasteiger partial charge in [-0.2, -0.15) is 18.2 Å². The van der Waals surface area contributed by atoms with Gasteiger partial charge in [-0.05, 0) is 55.0 Å². The van der Waals surface area contributed by atoms with Crippen LogP contribution in [0.15, 0.2) is 48.7 Å². The molecule has 55 heavy (non-hydrogen) atoms. The Morgan fingerprint density at radius 2 is 1.51 bits per heavy atom. The minimum atomic E-state index is -4.68. The lowest BCUT2D eigenvalue weighted by Crippen LogP contribution is -2.35. The van der Waals surface area contributed by atoms with Crippen molar-refractivity contribution in [1.29, 1.82) is 0 Å². The van der Waals surface area contributed by atoms with Crippen molar-refractivity contribution >= 4 is 29.2 Å². The van der Waals surface area contributed by atoms with Crippen LogP contribution in [0.3, 0.4) is 0 Å². The molecule has 4 aromatic rings. The second kappa shape index (κ2) is 16.4. The van der Waals surface area contributed by atoms with Crippen LogP contribution in [-0.4, -0.2) is 66.2 Å². The summed E-state index contributed by atoms with van der Waals surface area (Å²) >= 11 is 7.07. The molecule has 0 bridgehead atoms. The average Bonchev–Trinajstić information content (AvgIpc) is 3.91. The number of fused-ring (bicyclic) bond motifs is 1. The number of anilines is 1. The Balaban J connectivity index is 1.10. The number of carbonyl (C=O) groups is 2. The maximum Gasteiger partial charge on any atom is 0.419 e. The Labute approximate surface area is 321 Å². The van der Waals surface area contributed by atoms with E-state index in [1.807, 2.05) is 30.3 Å². The van der Waals surface area contributed by atoms with Gasteiger partial charge >= 0.3 is 6.18 Å². The van der Waals surface area contributed by atoms with Crippen LogP contribution in [-0.2, 0) is 35.3 Å². The third-order valence-electron chi connectivity index (χ3n) is 10.3. The van der Waals surface area contributed by atoms with Crippen LogP contribution in [0.4, 0.5) is 19.0 Å². The van der Waals surface area contributed by atoms with E-state index in [0.717, 1.165) is 34.7 Å². The van der Waals surface area contributed by atoms with Gasteiger partial charge in [0.25, 0.3) is 0 Å². The molecule has 0 radical (unpaired) electrons. The quantitative estimate of drug-likeness (QED) is 0.107. The fourth-order valence-corrected chi connectivity index (χ4v) is 7.85. The van der Waals surface area contributed by atoms with E-state index in [9.17, 15) is 22.8 Å². The van der Waals surface area contributed by atoms with Gasteiger partial charge in [0.05, 0.1) is 42.2 Å². The summed E-state index contributed by atoms with van der Waals surface area (Å²) in [6, 6.07) is 11.9. The maximum absolute atomic E-state index is 14.5. The summed E-state index contributed by atoms with van der Waals surface area (Å²) in [5.41, 5.74) is 4.52. The summed E-state index contributed by atoms with van der Waals surface area (Å²) < 4.78 is 54.6. The minimum Gasteiger partial charge on any atom is -0.481 e. The minimum absolute atomic E-state index is 0.0346. The van der Waals surface area contributed by atoms with Gasteiger partial charge in [0, 0.05) is 79.6 Å². The molecule has 7 rings (SSSR count). The van der Waals surface area contributed by atoms with Crippen LogP contribution in [0.25, 0.3) is 22.5 Å². The molecule has 2 amide bonds.